The summed E-state index contributed by atoms with van der Waals surface area (Å²) in [7, 11) is 0. The molecular formula is C28H25FN6O4. The van der Waals surface area contributed by atoms with Gasteiger partial charge in [-0.2, -0.15) is 9.78 Å². The molecule has 1 atom stereocenters. The van der Waals surface area contributed by atoms with Gasteiger partial charge in [-0.05, 0) is 42.8 Å². The molecule has 5 rings (SSSR count). The highest BCUT2D eigenvalue weighted by Crippen LogP contribution is 2.27. The van der Waals surface area contributed by atoms with Crippen LogP contribution in [0.25, 0.3) is 27.8 Å². The van der Waals surface area contributed by atoms with Crippen LogP contribution in [0, 0.1) is 5.82 Å². The zero-order chi connectivity index (χ0) is 27.5. The summed E-state index contributed by atoms with van der Waals surface area (Å²) >= 11 is 0. The molecule has 0 saturated carbocycles. The number of halogens is 1. The molecule has 0 aliphatic carbocycles. The van der Waals surface area contributed by atoms with Crippen molar-refractivity contribution in [1.29, 1.82) is 0 Å². The number of nitrogens with two attached hydrogens (primary N) is 1. The average Bonchev–Trinajstić information content (AvgIpc) is 3.29. The van der Waals surface area contributed by atoms with Crippen molar-refractivity contribution >= 4 is 28.6 Å². The predicted molar refractivity (Wildman–Crippen MR) is 144 cm³/mol. The SMILES string of the molecule is CCOC(=O)C(Cc1ccccc1)N(N)C(=O)Nc1ccc(-n2nc3c4cccc(F)c4[nH]cc-3c2=O)cc1. The molecule has 4 N–H and O–H groups in total. The number of fused-ring (bicyclic) bond motifs is 3. The van der Waals surface area contributed by atoms with Gasteiger partial charge in [0.05, 0.1) is 23.4 Å². The highest BCUT2D eigenvalue weighted by Gasteiger charge is 2.29. The highest BCUT2D eigenvalue weighted by molar-refractivity contribution is 5.94. The average molecular weight is 529 g/mol. The Labute approximate surface area is 222 Å². The molecule has 11 heteroatoms. The molecule has 0 bridgehead atoms. The molecule has 0 spiro atoms. The van der Waals surface area contributed by atoms with E-state index >= 15 is 0 Å². The van der Waals surface area contributed by atoms with Crippen LogP contribution in [0.4, 0.5) is 14.9 Å². The first kappa shape index (κ1) is 25.6. The van der Waals surface area contributed by atoms with Crippen molar-refractivity contribution < 1.29 is 18.7 Å². The number of esters is 1. The number of anilines is 1. The molecule has 2 amide bonds. The van der Waals surface area contributed by atoms with Crippen LogP contribution in [0.15, 0.2) is 83.8 Å². The van der Waals surface area contributed by atoms with Crippen molar-refractivity contribution in [2.24, 2.45) is 5.84 Å². The second-order valence-electron chi connectivity index (χ2n) is 8.77. The molecule has 1 unspecified atom stereocenters. The molecule has 39 heavy (non-hydrogen) atoms. The third-order valence-corrected chi connectivity index (χ3v) is 6.27. The number of aromatic amines is 1. The quantitative estimate of drug-likeness (QED) is 0.127. The summed E-state index contributed by atoms with van der Waals surface area (Å²) in [6.07, 6.45) is 1.62. The molecule has 198 valence electrons. The number of ether oxygens (including phenoxy) is 1. The van der Waals surface area contributed by atoms with Crippen molar-refractivity contribution in [2.75, 3.05) is 11.9 Å². The number of aromatic nitrogens is 3. The summed E-state index contributed by atoms with van der Waals surface area (Å²) in [4.78, 5) is 41.3. The van der Waals surface area contributed by atoms with Gasteiger partial charge in [-0.3, -0.25) is 4.79 Å². The largest absolute Gasteiger partial charge is 0.464 e. The summed E-state index contributed by atoms with van der Waals surface area (Å²) < 4.78 is 20.5. The molecule has 2 aliphatic rings. The van der Waals surface area contributed by atoms with E-state index in [4.69, 9.17) is 10.6 Å². The number of para-hydroxylation sites is 1. The number of urea groups is 1. The lowest BCUT2D eigenvalue weighted by atomic mass is 10.1. The number of amides is 2. The van der Waals surface area contributed by atoms with Gasteiger partial charge in [0.1, 0.15) is 11.5 Å². The van der Waals surface area contributed by atoms with Gasteiger partial charge in [-0.1, -0.05) is 42.5 Å². The Morgan fingerprint density at radius 2 is 1.85 bits per heavy atom. The van der Waals surface area contributed by atoms with Gasteiger partial charge in [0.15, 0.2) is 6.04 Å². The van der Waals surface area contributed by atoms with E-state index in [-0.39, 0.29) is 24.1 Å². The first-order valence-electron chi connectivity index (χ1n) is 12.2. The molecule has 3 aromatic rings. The Hall–Kier alpha value is -5.03. The fraction of sp³-hybridized carbons (Fsp3) is 0.143. The Balaban J connectivity index is 1.36. The molecule has 0 aromatic heterocycles. The Morgan fingerprint density at radius 3 is 2.56 bits per heavy atom. The third kappa shape index (κ3) is 5.07. The number of nitrogens with zero attached hydrogens (tertiary/aromatic N) is 3. The molecule has 0 saturated heterocycles. The minimum absolute atomic E-state index is 0.147. The van der Waals surface area contributed by atoms with Crippen molar-refractivity contribution in [3.63, 3.8) is 0 Å². The van der Waals surface area contributed by atoms with Crippen molar-refractivity contribution in [3.8, 4) is 16.9 Å². The van der Waals surface area contributed by atoms with Crippen LogP contribution in [-0.2, 0) is 16.0 Å². The van der Waals surface area contributed by atoms with E-state index in [2.05, 4.69) is 15.4 Å². The summed E-state index contributed by atoms with van der Waals surface area (Å²) in [5, 5.41) is 8.38. The lowest BCUT2D eigenvalue weighted by Gasteiger charge is -2.26. The van der Waals surface area contributed by atoms with Gasteiger partial charge in [0.2, 0.25) is 0 Å². The van der Waals surface area contributed by atoms with Gasteiger partial charge in [0, 0.05) is 23.7 Å². The van der Waals surface area contributed by atoms with Crippen LogP contribution in [0.3, 0.4) is 0 Å². The van der Waals surface area contributed by atoms with E-state index in [1.54, 1.807) is 43.3 Å². The highest BCUT2D eigenvalue weighted by atomic mass is 19.1. The summed E-state index contributed by atoms with van der Waals surface area (Å²) in [6, 6.07) is 18.3. The van der Waals surface area contributed by atoms with Gasteiger partial charge in [0.25, 0.3) is 5.56 Å². The fourth-order valence-corrected chi connectivity index (χ4v) is 4.32. The number of nitrogens with one attached hydrogen (secondary N) is 2. The Bertz CT molecular complexity index is 1670. The standard InChI is InChI=1S/C28H25FN6O4/c1-2-39-27(37)23(15-17-7-4-3-5-8-17)34(30)28(38)32-18-11-13-19(14-12-18)35-26(36)21-16-31-25-20(24(21)33-35)9-6-10-22(25)29/h3-14,16,23,31H,2,15,30H2,1H3,(H,32,38). The van der Waals surface area contributed by atoms with Crippen LogP contribution in [-0.4, -0.2) is 44.4 Å². The third-order valence-electron chi connectivity index (χ3n) is 6.27. The molecular weight excluding hydrogens is 503 g/mol. The van der Waals surface area contributed by atoms with E-state index < -0.39 is 23.9 Å². The number of carbonyl (C=O) groups is 2. The van der Waals surface area contributed by atoms with Gasteiger partial charge in [-0.25, -0.2) is 24.8 Å². The van der Waals surface area contributed by atoms with Gasteiger partial charge < -0.3 is 15.0 Å². The smallest absolute Gasteiger partial charge is 0.336 e. The number of H-pyrrole nitrogens is 1. The molecule has 0 radical (unpaired) electrons. The first-order chi connectivity index (χ1) is 18.9. The van der Waals surface area contributed by atoms with Gasteiger partial charge in [-0.15, -0.1) is 0 Å². The van der Waals surface area contributed by atoms with Crippen molar-refractivity contribution in [2.45, 2.75) is 19.4 Å². The fourth-order valence-electron chi connectivity index (χ4n) is 4.32. The number of hydrogen-bond acceptors (Lipinski definition) is 6. The lowest BCUT2D eigenvalue weighted by molar-refractivity contribution is -0.148. The molecule has 2 heterocycles. The van der Waals surface area contributed by atoms with Crippen molar-refractivity contribution in [1.82, 2.24) is 19.8 Å². The monoisotopic (exact) mass is 528 g/mol. The number of benzene rings is 3. The summed E-state index contributed by atoms with van der Waals surface area (Å²) in [5.41, 5.74) is 2.20. The van der Waals surface area contributed by atoms with E-state index in [1.807, 2.05) is 30.3 Å². The van der Waals surface area contributed by atoms with E-state index in [9.17, 15) is 18.8 Å². The van der Waals surface area contributed by atoms with E-state index in [0.717, 1.165) is 10.6 Å². The van der Waals surface area contributed by atoms with Crippen LogP contribution in [0.2, 0.25) is 0 Å². The first-order valence-corrected chi connectivity index (χ1v) is 12.2. The minimum atomic E-state index is -1.04. The Morgan fingerprint density at radius 1 is 1.10 bits per heavy atom. The molecule has 3 aromatic carbocycles. The zero-order valence-corrected chi connectivity index (χ0v) is 20.9. The lowest BCUT2D eigenvalue weighted by Crippen LogP contribution is -2.53. The maximum atomic E-state index is 14.2. The summed E-state index contributed by atoms with van der Waals surface area (Å²) in [5.74, 6) is 5.00. The Kier molecular flexibility index (Phi) is 7.06. The number of hydrogen-bond donors (Lipinski definition) is 3. The molecule has 0 fully saturated rings. The number of pyridine rings is 1. The van der Waals surface area contributed by atoms with Gasteiger partial charge >= 0.3 is 12.0 Å². The van der Waals surface area contributed by atoms with Crippen LogP contribution in [0.1, 0.15) is 12.5 Å². The normalized spacial score (nSPS) is 11.9. The number of carbonyl (C=O) groups excluding carboxylic acids is 2. The second kappa shape index (κ2) is 10.8. The van der Waals surface area contributed by atoms with Crippen LogP contribution in [0.5, 0.6) is 0 Å². The topological polar surface area (TPSA) is 135 Å². The van der Waals surface area contributed by atoms with E-state index in [0.29, 0.717) is 28.0 Å². The van der Waals surface area contributed by atoms with Crippen LogP contribution >= 0.6 is 0 Å². The molecule has 10 nitrogen and oxygen atoms in total. The number of rotatable bonds is 7. The van der Waals surface area contributed by atoms with Crippen molar-refractivity contribution in [3.05, 3.63) is 101 Å². The zero-order valence-electron chi connectivity index (χ0n) is 20.9. The maximum Gasteiger partial charge on any atom is 0.336 e. The minimum Gasteiger partial charge on any atom is -0.464 e. The number of hydrazine groups is 1. The second-order valence-corrected chi connectivity index (χ2v) is 8.77. The molecule has 2 aliphatic heterocycles. The van der Waals surface area contributed by atoms with Crippen LogP contribution < -0.4 is 16.7 Å². The predicted octanol–water partition coefficient (Wildman–Crippen LogP) is 3.84. The van der Waals surface area contributed by atoms with E-state index in [1.165, 1.54) is 16.9 Å². The summed E-state index contributed by atoms with van der Waals surface area (Å²) in [6.45, 7) is 1.82. The maximum absolute atomic E-state index is 14.2.